The monoisotopic (exact) mass is 443 g/mol. The van der Waals surface area contributed by atoms with Crippen molar-refractivity contribution in [1.82, 2.24) is 0 Å². The molecule has 0 amide bonds. The van der Waals surface area contributed by atoms with Crippen molar-refractivity contribution in [3.05, 3.63) is 69.9 Å². The second-order valence-electron chi connectivity index (χ2n) is 10.3. The van der Waals surface area contributed by atoms with E-state index in [0.29, 0.717) is 17.4 Å². The van der Waals surface area contributed by atoms with E-state index in [1.807, 2.05) is 12.1 Å². The number of hydrogen-bond acceptors (Lipinski definition) is 3. The third-order valence-corrected chi connectivity index (χ3v) is 5.95. The summed E-state index contributed by atoms with van der Waals surface area (Å²) in [4.78, 5) is 5.06. The van der Waals surface area contributed by atoms with Crippen molar-refractivity contribution in [3.63, 3.8) is 0 Å². The molecule has 0 aliphatic carbocycles. The highest BCUT2D eigenvalue weighted by molar-refractivity contribution is 5.96. The first-order chi connectivity index (χ1) is 15.5. The van der Waals surface area contributed by atoms with E-state index in [4.69, 9.17) is 4.99 Å². The molecule has 0 radical (unpaired) electrons. The summed E-state index contributed by atoms with van der Waals surface area (Å²) >= 11 is 0. The predicted molar refractivity (Wildman–Crippen MR) is 144 cm³/mol. The highest BCUT2D eigenvalue weighted by Crippen LogP contribution is 2.37. The number of nitriles is 1. The third-order valence-electron chi connectivity index (χ3n) is 5.95. The summed E-state index contributed by atoms with van der Waals surface area (Å²) in [5, 5.41) is 13.2. The molecule has 33 heavy (non-hydrogen) atoms. The van der Waals surface area contributed by atoms with Crippen LogP contribution in [0.2, 0.25) is 0 Å². The van der Waals surface area contributed by atoms with Crippen LogP contribution in [0.25, 0.3) is 0 Å². The van der Waals surface area contributed by atoms with Crippen molar-refractivity contribution >= 4 is 17.1 Å². The molecule has 0 aromatic heterocycles. The van der Waals surface area contributed by atoms with Gasteiger partial charge in [0.15, 0.2) is 0 Å². The number of hydrogen-bond donors (Lipinski definition) is 1. The lowest BCUT2D eigenvalue weighted by Crippen LogP contribution is -2.07. The van der Waals surface area contributed by atoms with Gasteiger partial charge >= 0.3 is 0 Å². The molecule has 0 saturated heterocycles. The molecule has 0 saturated carbocycles. The van der Waals surface area contributed by atoms with Gasteiger partial charge in [0.1, 0.15) is 0 Å². The van der Waals surface area contributed by atoms with Crippen LogP contribution in [0.1, 0.15) is 121 Å². The number of allylic oxidation sites excluding steroid dienone is 2. The van der Waals surface area contributed by atoms with E-state index in [0.717, 1.165) is 28.2 Å². The lowest BCUT2D eigenvalue weighted by Gasteiger charge is -2.21. The van der Waals surface area contributed by atoms with Gasteiger partial charge in [-0.15, -0.1) is 0 Å². The first-order valence-corrected chi connectivity index (χ1v) is 12.2. The minimum atomic E-state index is 0.289. The molecule has 0 fully saturated rings. The van der Waals surface area contributed by atoms with Crippen molar-refractivity contribution in [1.29, 1.82) is 5.26 Å². The zero-order valence-corrected chi connectivity index (χ0v) is 22.2. The summed E-state index contributed by atoms with van der Waals surface area (Å²) in [7, 11) is 0. The van der Waals surface area contributed by atoms with E-state index < -0.39 is 0 Å². The van der Waals surface area contributed by atoms with Crippen LogP contribution in [0.4, 0.5) is 11.4 Å². The molecular weight excluding hydrogens is 402 g/mol. The van der Waals surface area contributed by atoms with E-state index in [1.54, 1.807) is 0 Å². The van der Waals surface area contributed by atoms with E-state index in [1.165, 1.54) is 16.8 Å². The van der Waals surface area contributed by atoms with E-state index in [9.17, 15) is 5.26 Å². The molecular formula is C30H41N3. The molecule has 2 aromatic rings. The quantitative estimate of drug-likeness (QED) is 0.413. The van der Waals surface area contributed by atoms with Crippen molar-refractivity contribution in [2.75, 3.05) is 5.32 Å². The Kier molecular flexibility index (Phi) is 9.06. The second-order valence-corrected chi connectivity index (χ2v) is 10.3. The standard InChI is InChI=1S/C30H41N3/c1-18(2)25-12-11-13-26(19(3)4)29(25)32-22(9)14-23(10)33-30-27(20(5)6)15-24(17-31)16-28(30)21(7)8/h11-16,18-21,32H,1-10H3/b22-14-,33-23?. The fourth-order valence-corrected chi connectivity index (χ4v) is 4.20. The van der Waals surface area contributed by atoms with Crippen LogP contribution >= 0.6 is 0 Å². The molecule has 176 valence electrons. The molecule has 3 nitrogen and oxygen atoms in total. The molecule has 0 atom stereocenters. The summed E-state index contributed by atoms with van der Waals surface area (Å²) in [6.07, 6.45) is 2.12. The lowest BCUT2D eigenvalue weighted by molar-refractivity contribution is 0.833. The SMILES string of the molecule is CC(/C=C(/C)Nc1c(C(C)C)cccc1C(C)C)=Nc1c(C(C)C)cc(C#N)cc1C(C)C. The highest BCUT2D eigenvalue weighted by atomic mass is 14.9. The van der Waals surface area contributed by atoms with Crippen molar-refractivity contribution in [2.24, 2.45) is 4.99 Å². The summed E-state index contributed by atoms with van der Waals surface area (Å²) < 4.78 is 0. The predicted octanol–water partition coefficient (Wildman–Crippen LogP) is 9.16. The van der Waals surface area contributed by atoms with Crippen LogP contribution in [0.15, 0.2) is 47.1 Å². The number of anilines is 1. The number of nitrogens with zero attached hydrogens (tertiary/aromatic N) is 2. The summed E-state index contributed by atoms with van der Waals surface area (Å²) in [5.41, 5.74) is 9.86. The first-order valence-electron chi connectivity index (χ1n) is 12.2. The molecule has 0 aliphatic heterocycles. The van der Waals surface area contributed by atoms with Crippen molar-refractivity contribution < 1.29 is 0 Å². The Balaban J connectivity index is 2.53. The normalized spacial score (nSPS) is 12.8. The van der Waals surface area contributed by atoms with Gasteiger partial charge in [0.2, 0.25) is 0 Å². The Bertz CT molecular complexity index is 1020. The second kappa shape index (κ2) is 11.3. The highest BCUT2D eigenvalue weighted by Gasteiger charge is 2.17. The molecule has 0 heterocycles. The van der Waals surface area contributed by atoms with Crippen LogP contribution < -0.4 is 5.32 Å². The largest absolute Gasteiger partial charge is 0.359 e. The number of nitrogens with one attached hydrogen (secondary N) is 1. The van der Waals surface area contributed by atoms with Gasteiger partial charge in [-0.25, -0.2) is 0 Å². The first kappa shape index (κ1) is 26.4. The average molecular weight is 444 g/mol. The maximum absolute atomic E-state index is 9.50. The fraction of sp³-hybridized carbons (Fsp3) is 0.467. The Hall–Kier alpha value is -2.86. The van der Waals surface area contributed by atoms with E-state index in [2.05, 4.69) is 105 Å². The van der Waals surface area contributed by atoms with Crippen LogP contribution in [-0.4, -0.2) is 5.71 Å². The van der Waals surface area contributed by atoms with Gasteiger partial charge < -0.3 is 5.32 Å². The van der Waals surface area contributed by atoms with E-state index in [-0.39, 0.29) is 11.8 Å². The van der Waals surface area contributed by atoms with Crippen LogP contribution in [0, 0.1) is 11.3 Å². The third kappa shape index (κ3) is 6.57. The topological polar surface area (TPSA) is 48.2 Å². The number of benzene rings is 2. The van der Waals surface area contributed by atoms with Crippen LogP contribution in [0.5, 0.6) is 0 Å². The van der Waals surface area contributed by atoms with Crippen molar-refractivity contribution in [2.45, 2.75) is 92.9 Å². The van der Waals surface area contributed by atoms with Crippen LogP contribution in [-0.2, 0) is 0 Å². The smallest absolute Gasteiger partial charge is 0.0991 e. The van der Waals surface area contributed by atoms with Gasteiger partial charge in [0.05, 0.1) is 17.3 Å². The van der Waals surface area contributed by atoms with Gasteiger partial charge in [-0.3, -0.25) is 4.99 Å². The van der Waals surface area contributed by atoms with Crippen molar-refractivity contribution in [3.8, 4) is 6.07 Å². The molecule has 0 spiro atoms. The van der Waals surface area contributed by atoms with Gasteiger partial charge in [0.25, 0.3) is 0 Å². The number of rotatable bonds is 8. The summed E-state index contributed by atoms with van der Waals surface area (Å²) in [5.74, 6) is 1.46. The van der Waals surface area contributed by atoms with Gasteiger partial charge in [-0.2, -0.15) is 5.26 Å². The maximum Gasteiger partial charge on any atom is 0.0991 e. The summed E-state index contributed by atoms with van der Waals surface area (Å²) in [6, 6.07) is 12.9. The van der Waals surface area contributed by atoms with Crippen LogP contribution in [0.3, 0.4) is 0 Å². The zero-order valence-electron chi connectivity index (χ0n) is 22.2. The summed E-state index contributed by atoms with van der Waals surface area (Å²) in [6.45, 7) is 21.7. The molecule has 1 N–H and O–H groups in total. The molecule has 3 heteroatoms. The number of aliphatic imine (C=N–C) groups is 1. The lowest BCUT2D eigenvalue weighted by atomic mass is 9.90. The van der Waals surface area contributed by atoms with Gasteiger partial charge in [0, 0.05) is 17.1 Å². The minimum absolute atomic E-state index is 0.289. The Morgan fingerprint density at radius 2 is 1.27 bits per heavy atom. The Morgan fingerprint density at radius 1 is 0.818 bits per heavy atom. The maximum atomic E-state index is 9.50. The molecule has 2 aromatic carbocycles. The molecule has 2 rings (SSSR count). The number of para-hydroxylation sites is 1. The van der Waals surface area contributed by atoms with E-state index >= 15 is 0 Å². The molecule has 0 unspecified atom stereocenters. The molecule has 0 aliphatic rings. The van der Waals surface area contributed by atoms with Gasteiger partial charge in [-0.1, -0.05) is 73.6 Å². The van der Waals surface area contributed by atoms with Gasteiger partial charge in [-0.05, 0) is 78.0 Å². The Morgan fingerprint density at radius 3 is 1.67 bits per heavy atom. The zero-order chi connectivity index (χ0) is 24.9. The average Bonchev–Trinajstić information content (AvgIpc) is 2.72. The molecule has 0 bridgehead atoms. The fourth-order valence-electron chi connectivity index (χ4n) is 4.20. The Labute approximate surface area is 201 Å². The minimum Gasteiger partial charge on any atom is -0.359 e.